The van der Waals surface area contributed by atoms with Crippen molar-refractivity contribution in [2.24, 2.45) is 5.92 Å². The molecular formula is C32H32ClF3N6OS. The van der Waals surface area contributed by atoms with E-state index in [2.05, 4.69) is 21.7 Å². The van der Waals surface area contributed by atoms with Crippen LogP contribution in [0.3, 0.4) is 0 Å². The number of hydrogen-bond acceptors (Lipinski definition) is 8. The Morgan fingerprint density at radius 3 is 2.89 bits per heavy atom. The zero-order valence-electron chi connectivity index (χ0n) is 24.3. The Kier molecular flexibility index (Phi) is 7.50. The fourth-order valence-corrected chi connectivity index (χ4v) is 8.78. The lowest BCUT2D eigenvalue weighted by molar-refractivity contribution is 0.107. The van der Waals surface area contributed by atoms with E-state index in [9.17, 15) is 14.0 Å². The summed E-state index contributed by atoms with van der Waals surface area (Å²) < 4.78 is 52.4. The van der Waals surface area contributed by atoms with Gasteiger partial charge in [-0.15, -0.1) is 11.3 Å². The maximum absolute atomic E-state index is 16.8. The van der Waals surface area contributed by atoms with Crippen molar-refractivity contribution in [3.8, 4) is 23.2 Å². The molecule has 0 aliphatic carbocycles. The largest absolute Gasteiger partial charge is 0.461 e. The van der Waals surface area contributed by atoms with Crippen LogP contribution in [0.2, 0.25) is 5.02 Å². The van der Waals surface area contributed by atoms with Crippen LogP contribution in [0.5, 0.6) is 6.01 Å². The van der Waals surface area contributed by atoms with Crippen molar-refractivity contribution in [2.75, 3.05) is 43.4 Å². The zero-order valence-corrected chi connectivity index (χ0v) is 25.9. The van der Waals surface area contributed by atoms with E-state index < -0.39 is 23.3 Å². The minimum atomic E-state index is -0.911. The molecule has 3 fully saturated rings. The first kappa shape index (κ1) is 29.4. The monoisotopic (exact) mass is 640 g/mol. The standard InChI is InChI=1S/C32H32ClF3N6OS/c1-2-4-17-7-10-41(14-17)30-20-11-22(33)25(19-5-6-23(35)28-24(19)21(13-37)29(38)44-28)26(36)27(20)39-31(40-30)43-16-32-8-3-9-42(32)15-18(34)12-32/h5-6,11,17-18H,2-4,7-10,12,14-16,38H2,1H3/t17-,18-,32+/m1/s1. The van der Waals surface area contributed by atoms with Gasteiger partial charge in [-0.25, -0.2) is 13.2 Å². The minimum absolute atomic E-state index is 0.00373. The van der Waals surface area contributed by atoms with E-state index in [1.165, 1.54) is 12.1 Å². The van der Waals surface area contributed by atoms with Gasteiger partial charge in [-0.1, -0.05) is 31.0 Å². The highest BCUT2D eigenvalue weighted by Crippen LogP contribution is 2.46. The summed E-state index contributed by atoms with van der Waals surface area (Å²) in [6.45, 7) is 5.09. The molecule has 0 bridgehead atoms. The fourth-order valence-electron chi connectivity index (χ4n) is 7.54. The SMILES string of the molecule is CCC[C@@H]1CCN(c2nc(OC[C@@]34CCCN3C[C@H](F)C4)nc3c(F)c(-c4ccc(F)c5sc(N)c(C#N)c45)c(Cl)cc23)C1. The number of alkyl halides is 1. The highest BCUT2D eigenvalue weighted by atomic mass is 35.5. The number of nitrogens with zero attached hydrogens (tertiary/aromatic N) is 5. The summed E-state index contributed by atoms with van der Waals surface area (Å²) in [4.78, 5) is 13.6. The fraction of sp³-hybridized carbons (Fsp3) is 0.469. The van der Waals surface area contributed by atoms with Crippen LogP contribution >= 0.6 is 22.9 Å². The first-order chi connectivity index (χ1) is 21.2. The zero-order chi connectivity index (χ0) is 30.7. The number of benzene rings is 2. The van der Waals surface area contributed by atoms with Gasteiger partial charge in [-0.3, -0.25) is 4.90 Å². The average Bonchev–Trinajstić information content (AvgIpc) is 3.76. The normalized spacial score (nSPS) is 23.6. The Hall–Kier alpha value is -3.33. The maximum atomic E-state index is 16.8. The van der Waals surface area contributed by atoms with E-state index >= 15 is 4.39 Å². The third-order valence-electron chi connectivity index (χ3n) is 9.55. The summed E-state index contributed by atoms with van der Waals surface area (Å²) in [6, 6.07) is 6.33. The number of fused-ring (bicyclic) bond motifs is 3. The minimum Gasteiger partial charge on any atom is -0.461 e. The van der Waals surface area contributed by atoms with Crippen LogP contribution in [0.4, 0.5) is 24.0 Å². The first-order valence-corrected chi connectivity index (χ1v) is 16.3. The molecule has 2 aromatic heterocycles. The third kappa shape index (κ3) is 4.73. The molecule has 7 rings (SSSR count). The van der Waals surface area contributed by atoms with E-state index in [0.717, 1.165) is 63.1 Å². The van der Waals surface area contributed by atoms with Crippen molar-refractivity contribution in [2.45, 2.75) is 57.2 Å². The quantitative estimate of drug-likeness (QED) is 0.224. The Morgan fingerprint density at radius 1 is 1.25 bits per heavy atom. The number of nitrogen functional groups attached to an aromatic ring is 1. The lowest BCUT2D eigenvalue weighted by Gasteiger charge is -2.31. The van der Waals surface area contributed by atoms with Crippen LogP contribution in [-0.2, 0) is 0 Å². The van der Waals surface area contributed by atoms with Gasteiger partial charge in [-0.2, -0.15) is 15.2 Å². The number of thiophene rings is 1. The second kappa shape index (κ2) is 11.2. The van der Waals surface area contributed by atoms with Gasteiger partial charge in [0.25, 0.3) is 0 Å². The number of ether oxygens (including phenoxy) is 1. The number of anilines is 2. The summed E-state index contributed by atoms with van der Waals surface area (Å²) in [5, 5.41) is 10.7. The molecule has 3 aliphatic rings. The molecule has 3 saturated heterocycles. The van der Waals surface area contributed by atoms with Crippen molar-refractivity contribution in [3.05, 3.63) is 40.4 Å². The Morgan fingerprint density at radius 2 is 2.09 bits per heavy atom. The molecule has 230 valence electrons. The van der Waals surface area contributed by atoms with Gasteiger partial charge in [-0.05, 0) is 55.8 Å². The van der Waals surface area contributed by atoms with E-state index in [1.54, 1.807) is 6.07 Å². The number of nitrogens with two attached hydrogens (primary N) is 1. The van der Waals surface area contributed by atoms with Gasteiger partial charge < -0.3 is 15.4 Å². The van der Waals surface area contributed by atoms with Gasteiger partial charge in [0.05, 0.1) is 20.8 Å². The predicted octanol–water partition coefficient (Wildman–Crippen LogP) is 7.48. The summed E-state index contributed by atoms with van der Waals surface area (Å²) in [5.41, 5.74) is 5.96. The molecule has 3 aliphatic heterocycles. The predicted molar refractivity (Wildman–Crippen MR) is 168 cm³/mol. The second-order valence-corrected chi connectivity index (χ2v) is 13.7. The van der Waals surface area contributed by atoms with Gasteiger partial charge in [0.1, 0.15) is 41.0 Å². The molecule has 0 amide bonds. The Bertz CT molecular complexity index is 1830. The first-order valence-electron chi connectivity index (χ1n) is 15.1. The molecule has 0 unspecified atom stereocenters. The number of aromatic nitrogens is 2. The molecule has 7 nitrogen and oxygen atoms in total. The molecule has 2 aromatic carbocycles. The van der Waals surface area contributed by atoms with E-state index in [0.29, 0.717) is 30.1 Å². The second-order valence-electron chi connectivity index (χ2n) is 12.3. The smallest absolute Gasteiger partial charge is 0.319 e. The van der Waals surface area contributed by atoms with Gasteiger partial charge in [0.15, 0.2) is 5.82 Å². The van der Waals surface area contributed by atoms with E-state index in [1.807, 2.05) is 6.07 Å². The molecule has 4 aromatic rings. The number of hydrogen-bond donors (Lipinski definition) is 1. The number of halogens is 4. The average molecular weight is 641 g/mol. The van der Waals surface area contributed by atoms with Crippen molar-refractivity contribution >= 4 is 54.7 Å². The van der Waals surface area contributed by atoms with Crippen LogP contribution in [-0.4, -0.2) is 59.4 Å². The van der Waals surface area contributed by atoms with Gasteiger partial charge in [0.2, 0.25) is 0 Å². The molecule has 3 atom stereocenters. The van der Waals surface area contributed by atoms with Crippen molar-refractivity contribution in [1.29, 1.82) is 5.26 Å². The summed E-state index contributed by atoms with van der Waals surface area (Å²) in [5.74, 6) is -0.260. The topological polar surface area (TPSA) is 91.3 Å². The van der Waals surface area contributed by atoms with Crippen LogP contribution in [0.15, 0.2) is 18.2 Å². The molecule has 5 heterocycles. The Labute approximate surface area is 262 Å². The van der Waals surface area contributed by atoms with Crippen LogP contribution in [0.1, 0.15) is 51.0 Å². The highest BCUT2D eigenvalue weighted by Gasteiger charge is 2.49. The third-order valence-corrected chi connectivity index (χ3v) is 10.9. The molecule has 0 spiro atoms. The van der Waals surface area contributed by atoms with Crippen LogP contribution < -0.4 is 15.4 Å². The summed E-state index contributed by atoms with van der Waals surface area (Å²) >= 11 is 7.75. The molecule has 12 heteroatoms. The van der Waals surface area contributed by atoms with Gasteiger partial charge >= 0.3 is 6.01 Å². The van der Waals surface area contributed by atoms with Crippen molar-refractivity contribution in [1.82, 2.24) is 14.9 Å². The molecule has 0 radical (unpaired) electrons. The highest BCUT2D eigenvalue weighted by molar-refractivity contribution is 7.23. The van der Waals surface area contributed by atoms with Crippen LogP contribution in [0, 0.1) is 28.9 Å². The lowest BCUT2D eigenvalue weighted by Crippen LogP contribution is -2.43. The Balaban J connectivity index is 1.38. The maximum Gasteiger partial charge on any atom is 0.319 e. The summed E-state index contributed by atoms with van der Waals surface area (Å²) in [7, 11) is 0. The lowest BCUT2D eigenvalue weighted by atomic mass is 9.95. The van der Waals surface area contributed by atoms with Crippen LogP contribution in [0.25, 0.3) is 32.1 Å². The molecule has 0 saturated carbocycles. The van der Waals surface area contributed by atoms with E-state index in [-0.39, 0.29) is 54.9 Å². The number of nitriles is 1. The van der Waals surface area contributed by atoms with Crippen molar-refractivity contribution < 1.29 is 17.9 Å². The van der Waals surface area contributed by atoms with Gasteiger partial charge in [0, 0.05) is 42.4 Å². The van der Waals surface area contributed by atoms with E-state index in [4.69, 9.17) is 27.1 Å². The summed E-state index contributed by atoms with van der Waals surface area (Å²) in [6.07, 6.45) is 4.40. The number of rotatable bonds is 7. The van der Waals surface area contributed by atoms with Crippen molar-refractivity contribution in [3.63, 3.8) is 0 Å². The molecular weight excluding hydrogens is 609 g/mol. The molecule has 2 N–H and O–H groups in total. The molecule has 44 heavy (non-hydrogen) atoms.